The van der Waals surface area contributed by atoms with E-state index in [0.717, 1.165) is 29.9 Å². The van der Waals surface area contributed by atoms with E-state index in [4.69, 9.17) is 0 Å². The van der Waals surface area contributed by atoms with Crippen molar-refractivity contribution >= 4 is 17.5 Å². The van der Waals surface area contributed by atoms with E-state index in [9.17, 15) is 4.79 Å². The number of tetrazole rings is 1. The Balaban J connectivity index is 1.51. The molecule has 3 heterocycles. The molecule has 1 aromatic heterocycles. The number of carbonyl (C=O) groups is 1. The third kappa shape index (κ3) is 2.06. The van der Waals surface area contributed by atoms with Gasteiger partial charge in [-0.15, -0.1) is 0 Å². The minimum atomic E-state index is -0.527. The number of hydrogen-bond acceptors (Lipinski definition) is 5. The lowest BCUT2D eigenvalue weighted by atomic mass is 9.81. The summed E-state index contributed by atoms with van der Waals surface area (Å²) in [5, 5.41) is 15.3. The summed E-state index contributed by atoms with van der Waals surface area (Å²) in [6.45, 7) is 3.35. The number of benzene rings is 2. The smallest absolute Gasteiger partial charge is 0.250 e. The first-order valence-electron chi connectivity index (χ1n) is 8.69. The molecule has 2 aliphatic heterocycles. The third-order valence-electron chi connectivity index (χ3n) is 5.41. The Labute approximate surface area is 150 Å². The molecule has 7 nitrogen and oxygen atoms in total. The van der Waals surface area contributed by atoms with Gasteiger partial charge in [0, 0.05) is 18.8 Å². The summed E-state index contributed by atoms with van der Waals surface area (Å²) in [6.07, 6.45) is 0.747. The van der Waals surface area contributed by atoms with E-state index in [1.807, 2.05) is 55.5 Å². The number of rotatable bonds is 2. The van der Waals surface area contributed by atoms with E-state index in [-0.39, 0.29) is 5.91 Å². The third-order valence-corrected chi connectivity index (χ3v) is 5.41. The molecule has 2 aromatic carbocycles. The van der Waals surface area contributed by atoms with Crippen LogP contribution >= 0.6 is 0 Å². The highest BCUT2D eigenvalue weighted by atomic mass is 16.2. The Morgan fingerprint density at radius 1 is 1.12 bits per heavy atom. The Bertz CT molecular complexity index is 995. The van der Waals surface area contributed by atoms with Crippen molar-refractivity contribution in [2.75, 3.05) is 23.3 Å². The second kappa shape index (κ2) is 5.39. The summed E-state index contributed by atoms with van der Waals surface area (Å²) in [7, 11) is 0. The molecule has 2 aliphatic rings. The molecule has 1 spiro atoms. The fourth-order valence-electron chi connectivity index (χ4n) is 3.99. The lowest BCUT2D eigenvalue weighted by Gasteiger charge is -2.22. The number of nitrogens with one attached hydrogen (secondary N) is 1. The highest BCUT2D eigenvalue weighted by Gasteiger charge is 2.51. The molecule has 7 heteroatoms. The number of anilines is 2. The van der Waals surface area contributed by atoms with Gasteiger partial charge in [-0.3, -0.25) is 4.79 Å². The van der Waals surface area contributed by atoms with Gasteiger partial charge in [-0.2, -0.15) is 4.68 Å². The van der Waals surface area contributed by atoms with Crippen molar-refractivity contribution in [2.45, 2.75) is 18.8 Å². The molecular formula is C19H18N6O. The maximum absolute atomic E-state index is 12.8. The zero-order valence-electron chi connectivity index (χ0n) is 14.4. The number of nitrogens with zero attached hydrogens (tertiary/aromatic N) is 5. The normalized spacial score (nSPS) is 21.3. The average Bonchev–Trinajstić information content (AvgIpc) is 3.36. The van der Waals surface area contributed by atoms with Crippen LogP contribution in [0.5, 0.6) is 0 Å². The first kappa shape index (κ1) is 15.1. The number of carbonyl (C=O) groups excluding carboxylic acids is 1. The molecule has 0 aliphatic carbocycles. The predicted octanol–water partition coefficient (Wildman–Crippen LogP) is 2.07. The number of amides is 1. The van der Waals surface area contributed by atoms with Crippen LogP contribution in [0.1, 0.15) is 17.5 Å². The molecule has 130 valence electrons. The molecule has 1 unspecified atom stereocenters. The SMILES string of the molecule is Cc1ccc(-n2nnnc2N2CCC3(C2)C(=O)Nc2ccccc23)cc1. The van der Waals surface area contributed by atoms with Crippen LogP contribution in [0.2, 0.25) is 0 Å². The van der Waals surface area contributed by atoms with E-state index in [1.165, 1.54) is 5.56 Å². The van der Waals surface area contributed by atoms with Crippen LogP contribution in [0.25, 0.3) is 5.69 Å². The quantitative estimate of drug-likeness (QED) is 0.769. The van der Waals surface area contributed by atoms with Gasteiger partial charge in [-0.05, 0) is 47.5 Å². The second-order valence-electron chi connectivity index (χ2n) is 6.98. The number of aromatic nitrogens is 4. The van der Waals surface area contributed by atoms with E-state index in [0.29, 0.717) is 12.5 Å². The predicted molar refractivity (Wildman–Crippen MR) is 97.5 cm³/mol. The van der Waals surface area contributed by atoms with Gasteiger partial charge < -0.3 is 10.2 Å². The minimum absolute atomic E-state index is 0.0653. The fourth-order valence-corrected chi connectivity index (χ4v) is 3.99. The van der Waals surface area contributed by atoms with Crippen molar-refractivity contribution < 1.29 is 4.79 Å². The Kier molecular flexibility index (Phi) is 3.12. The molecule has 26 heavy (non-hydrogen) atoms. The summed E-state index contributed by atoms with van der Waals surface area (Å²) in [4.78, 5) is 14.9. The fraction of sp³-hybridized carbons (Fsp3) is 0.263. The highest BCUT2D eigenvalue weighted by molar-refractivity contribution is 6.07. The van der Waals surface area contributed by atoms with Gasteiger partial charge in [0.15, 0.2) is 0 Å². The molecule has 0 saturated carbocycles. The lowest BCUT2D eigenvalue weighted by Crippen LogP contribution is -2.38. The standard InChI is InChI=1S/C19H18N6O/c1-13-6-8-14(9-7-13)25-18(21-22-23-25)24-11-10-19(12-24)15-4-2-3-5-16(15)20-17(19)26/h2-9H,10-12H2,1H3,(H,20,26). The Morgan fingerprint density at radius 2 is 1.92 bits per heavy atom. The zero-order valence-corrected chi connectivity index (χ0v) is 14.4. The monoisotopic (exact) mass is 346 g/mol. The number of aryl methyl sites for hydroxylation is 1. The number of fused-ring (bicyclic) bond motifs is 2. The van der Waals surface area contributed by atoms with Crippen LogP contribution in [-0.2, 0) is 10.2 Å². The van der Waals surface area contributed by atoms with Crippen molar-refractivity contribution in [1.29, 1.82) is 0 Å². The highest BCUT2D eigenvalue weighted by Crippen LogP contribution is 2.44. The van der Waals surface area contributed by atoms with Gasteiger partial charge >= 0.3 is 0 Å². The van der Waals surface area contributed by atoms with E-state index >= 15 is 0 Å². The van der Waals surface area contributed by atoms with Gasteiger partial charge in [0.1, 0.15) is 0 Å². The molecule has 1 N–H and O–H groups in total. The van der Waals surface area contributed by atoms with Gasteiger partial charge in [0.25, 0.3) is 0 Å². The van der Waals surface area contributed by atoms with Gasteiger partial charge in [-0.1, -0.05) is 41.0 Å². The van der Waals surface area contributed by atoms with Gasteiger partial charge in [-0.25, -0.2) is 0 Å². The molecule has 3 aromatic rings. The van der Waals surface area contributed by atoms with Crippen LogP contribution in [0.4, 0.5) is 11.6 Å². The maximum atomic E-state index is 12.8. The van der Waals surface area contributed by atoms with E-state index < -0.39 is 5.41 Å². The van der Waals surface area contributed by atoms with Gasteiger partial charge in [0.2, 0.25) is 11.9 Å². The zero-order chi connectivity index (χ0) is 17.7. The largest absolute Gasteiger partial charge is 0.338 e. The lowest BCUT2D eigenvalue weighted by molar-refractivity contribution is -0.120. The molecule has 0 bridgehead atoms. The molecule has 1 amide bonds. The Morgan fingerprint density at radius 3 is 2.77 bits per heavy atom. The van der Waals surface area contributed by atoms with Crippen molar-refractivity contribution in [1.82, 2.24) is 20.2 Å². The summed E-state index contributed by atoms with van der Waals surface area (Å²) < 4.78 is 1.73. The topological polar surface area (TPSA) is 75.9 Å². The van der Waals surface area contributed by atoms with Crippen LogP contribution in [-0.4, -0.2) is 39.2 Å². The first-order chi connectivity index (χ1) is 12.7. The Hall–Kier alpha value is -3.22. The molecule has 1 atom stereocenters. The molecule has 0 radical (unpaired) electrons. The molecule has 5 rings (SSSR count). The van der Waals surface area contributed by atoms with Crippen molar-refractivity contribution in [3.05, 3.63) is 59.7 Å². The minimum Gasteiger partial charge on any atom is -0.338 e. The van der Waals surface area contributed by atoms with E-state index in [1.54, 1.807) is 4.68 Å². The van der Waals surface area contributed by atoms with Crippen molar-refractivity contribution in [2.24, 2.45) is 0 Å². The average molecular weight is 346 g/mol. The molecular weight excluding hydrogens is 328 g/mol. The van der Waals surface area contributed by atoms with Crippen molar-refractivity contribution in [3.8, 4) is 5.69 Å². The first-order valence-corrected chi connectivity index (χ1v) is 8.69. The number of para-hydroxylation sites is 1. The maximum Gasteiger partial charge on any atom is 0.250 e. The molecule has 1 saturated heterocycles. The summed E-state index contributed by atoms with van der Waals surface area (Å²) >= 11 is 0. The van der Waals surface area contributed by atoms with E-state index in [2.05, 4.69) is 25.7 Å². The summed E-state index contributed by atoms with van der Waals surface area (Å²) in [5.41, 5.74) is 3.55. The molecule has 1 fully saturated rings. The van der Waals surface area contributed by atoms with Crippen molar-refractivity contribution in [3.63, 3.8) is 0 Å². The summed E-state index contributed by atoms with van der Waals surface area (Å²) in [5.74, 6) is 0.735. The van der Waals surface area contributed by atoms with Crippen LogP contribution in [0.3, 0.4) is 0 Å². The van der Waals surface area contributed by atoms with Crippen LogP contribution in [0.15, 0.2) is 48.5 Å². The second-order valence-corrected chi connectivity index (χ2v) is 6.98. The van der Waals surface area contributed by atoms with Crippen LogP contribution in [0, 0.1) is 6.92 Å². The number of hydrogen-bond donors (Lipinski definition) is 1. The summed E-state index contributed by atoms with van der Waals surface area (Å²) in [6, 6.07) is 16.0. The van der Waals surface area contributed by atoms with Crippen LogP contribution < -0.4 is 10.2 Å². The van der Waals surface area contributed by atoms with Gasteiger partial charge in [0.05, 0.1) is 11.1 Å².